The molecule has 0 aliphatic carbocycles. The molecule has 1 aromatic heterocycles. The van der Waals surface area contributed by atoms with Crippen LogP contribution in [0.4, 0.5) is 14.6 Å². The van der Waals surface area contributed by atoms with Gasteiger partial charge in [-0.05, 0) is 40.0 Å². The minimum Gasteiger partial charge on any atom is -0.383 e. The predicted octanol–water partition coefficient (Wildman–Crippen LogP) is 3.42. The monoisotopic (exact) mass is 286 g/mol. The van der Waals surface area contributed by atoms with Gasteiger partial charge in [0.2, 0.25) is 0 Å². The highest BCUT2D eigenvalue weighted by atomic mass is 79.9. The molecule has 2 rings (SSSR count). The number of anilines is 1. The van der Waals surface area contributed by atoms with Crippen molar-refractivity contribution < 1.29 is 8.78 Å². The van der Waals surface area contributed by atoms with Gasteiger partial charge in [0.1, 0.15) is 17.2 Å². The molecule has 0 saturated heterocycles. The molecule has 0 radical (unpaired) electrons. The van der Waals surface area contributed by atoms with Crippen molar-refractivity contribution in [2.45, 2.75) is 13.3 Å². The molecule has 0 spiro atoms. The number of pyridine rings is 1. The Bertz CT molecular complexity index is 570. The van der Waals surface area contributed by atoms with Gasteiger partial charge in [-0.3, -0.25) is 0 Å². The maximum Gasteiger partial charge on any atom is 0.150 e. The second-order valence-electron chi connectivity index (χ2n) is 3.44. The summed E-state index contributed by atoms with van der Waals surface area (Å²) < 4.78 is 27.3. The molecule has 1 aromatic carbocycles. The van der Waals surface area contributed by atoms with E-state index in [-0.39, 0.29) is 21.2 Å². The number of nitrogens with zero attached hydrogens (tertiary/aromatic N) is 1. The Hall–Kier alpha value is -1.23. The molecule has 2 aromatic rings. The lowest BCUT2D eigenvalue weighted by molar-refractivity contribution is 0.610. The van der Waals surface area contributed by atoms with Crippen molar-refractivity contribution in [3.8, 4) is 0 Å². The van der Waals surface area contributed by atoms with Crippen molar-refractivity contribution in [3.63, 3.8) is 0 Å². The summed E-state index contributed by atoms with van der Waals surface area (Å²) in [6.45, 7) is 1.88. The van der Waals surface area contributed by atoms with Crippen molar-refractivity contribution in [2.24, 2.45) is 0 Å². The number of benzene rings is 1. The van der Waals surface area contributed by atoms with Gasteiger partial charge in [0.05, 0.1) is 4.47 Å². The van der Waals surface area contributed by atoms with Crippen molar-refractivity contribution in [2.75, 3.05) is 5.73 Å². The lowest BCUT2D eigenvalue weighted by Crippen LogP contribution is -2.00. The van der Waals surface area contributed by atoms with E-state index in [2.05, 4.69) is 20.9 Å². The van der Waals surface area contributed by atoms with Gasteiger partial charge in [-0.1, -0.05) is 6.92 Å². The maximum atomic E-state index is 13.7. The Morgan fingerprint density at radius 1 is 1.38 bits per heavy atom. The number of fused-ring (bicyclic) bond motifs is 1. The van der Waals surface area contributed by atoms with Crippen LogP contribution in [-0.4, -0.2) is 4.98 Å². The Morgan fingerprint density at radius 2 is 2.06 bits per heavy atom. The average Bonchev–Trinajstić information content (AvgIpc) is 2.25. The Kier molecular flexibility index (Phi) is 2.80. The van der Waals surface area contributed by atoms with Crippen LogP contribution in [0.2, 0.25) is 0 Å². The molecular weight excluding hydrogens is 278 g/mol. The zero-order valence-electron chi connectivity index (χ0n) is 8.52. The molecule has 2 nitrogen and oxygen atoms in total. The van der Waals surface area contributed by atoms with Crippen LogP contribution in [0, 0.1) is 11.6 Å². The fourth-order valence-corrected chi connectivity index (χ4v) is 1.99. The van der Waals surface area contributed by atoms with E-state index in [4.69, 9.17) is 5.73 Å². The first-order valence-electron chi connectivity index (χ1n) is 4.77. The van der Waals surface area contributed by atoms with Gasteiger partial charge >= 0.3 is 0 Å². The van der Waals surface area contributed by atoms with Crippen LogP contribution < -0.4 is 5.73 Å². The molecule has 0 bridgehead atoms. The molecule has 0 aliphatic rings. The second-order valence-corrected chi connectivity index (χ2v) is 4.29. The van der Waals surface area contributed by atoms with Gasteiger partial charge < -0.3 is 5.73 Å². The summed E-state index contributed by atoms with van der Waals surface area (Å²) in [7, 11) is 0. The van der Waals surface area contributed by atoms with Crippen molar-refractivity contribution >= 4 is 32.7 Å². The van der Waals surface area contributed by atoms with Crippen LogP contribution in [0.5, 0.6) is 0 Å². The third-order valence-electron chi connectivity index (χ3n) is 2.44. The largest absolute Gasteiger partial charge is 0.383 e. The van der Waals surface area contributed by atoms with Crippen LogP contribution in [0.1, 0.15) is 12.5 Å². The van der Waals surface area contributed by atoms with Crippen molar-refractivity contribution in [1.29, 1.82) is 0 Å². The number of rotatable bonds is 1. The molecule has 5 heteroatoms. The van der Waals surface area contributed by atoms with Gasteiger partial charge in [-0.15, -0.1) is 0 Å². The maximum absolute atomic E-state index is 13.7. The highest BCUT2D eigenvalue weighted by molar-refractivity contribution is 9.10. The SMILES string of the molecule is CCc1cc2c(F)c(Br)cc(F)c2nc1N. The molecule has 1 heterocycles. The van der Waals surface area contributed by atoms with E-state index in [0.29, 0.717) is 12.0 Å². The first-order valence-corrected chi connectivity index (χ1v) is 5.56. The van der Waals surface area contributed by atoms with E-state index in [0.717, 1.165) is 6.07 Å². The molecule has 0 amide bonds. The molecule has 0 fully saturated rings. The van der Waals surface area contributed by atoms with E-state index < -0.39 is 11.6 Å². The van der Waals surface area contributed by atoms with Crippen LogP contribution in [0.25, 0.3) is 10.9 Å². The summed E-state index contributed by atoms with van der Waals surface area (Å²) in [4.78, 5) is 3.89. The number of hydrogen-bond acceptors (Lipinski definition) is 2. The third kappa shape index (κ3) is 1.65. The molecular formula is C11H9BrF2N2. The second kappa shape index (κ2) is 3.97. The molecule has 0 unspecified atom stereocenters. The van der Waals surface area contributed by atoms with Crippen LogP contribution in [0.3, 0.4) is 0 Å². The summed E-state index contributed by atoms with van der Waals surface area (Å²) >= 11 is 2.96. The Balaban J connectivity index is 2.90. The average molecular weight is 287 g/mol. The summed E-state index contributed by atoms with van der Waals surface area (Å²) in [5, 5.41) is 0.151. The molecule has 16 heavy (non-hydrogen) atoms. The first kappa shape index (κ1) is 11.3. The number of aryl methyl sites for hydroxylation is 1. The van der Waals surface area contributed by atoms with Gasteiger partial charge in [0, 0.05) is 5.39 Å². The summed E-state index contributed by atoms with van der Waals surface area (Å²) in [5.74, 6) is -0.855. The Labute approximate surface area is 99.6 Å². The van der Waals surface area contributed by atoms with Crippen LogP contribution in [-0.2, 0) is 6.42 Å². The van der Waals surface area contributed by atoms with Crippen LogP contribution in [0.15, 0.2) is 16.6 Å². The molecule has 0 atom stereocenters. The normalized spacial score (nSPS) is 11.0. The lowest BCUT2D eigenvalue weighted by Gasteiger charge is -2.07. The minimum absolute atomic E-state index is 0.0320. The number of aromatic nitrogens is 1. The zero-order valence-corrected chi connectivity index (χ0v) is 10.1. The third-order valence-corrected chi connectivity index (χ3v) is 3.02. The van der Waals surface area contributed by atoms with E-state index in [1.807, 2.05) is 6.92 Å². The van der Waals surface area contributed by atoms with Crippen molar-refractivity contribution in [1.82, 2.24) is 4.98 Å². The van der Waals surface area contributed by atoms with Crippen LogP contribution >= 0.6 is 15.9 Å². The summed E-state index contributed by atoms with van der Waals surface area (Å²) in [6.07, 6.45) is 0.627. The zero-order chi connectivity index (χ0) is 11.9. The predicted molar refractivity (Wildman–Crippen MR) is 63.1 cm³/mol. The van der Waals surface area contributed by atoms with E-state index >= 15 is 0 Å². The number of nitrogen functional groups attached to an aromatic ring is 1. The van der Waals surface area contributed by atoms with E-state index in [1.165, 1.54) is 0 Å². The summed E-state index contributed by atoms with van der Waals surface area (Å²) in [6, 6.07) is 2.59. The van der Waals surface area contributed by atoms with E-state index in [1.54, 1.807) is 6.07 Å². The Morgan fingerprint density at radius 3 is 2.69 bits per heavy atom. The minimum atomic E-state index is -0.586. The van der Waals surface area contributed by atoms with Gasteiger partial charge in [-0.25, -0.2) is 13.8 Å². The highest BCUT2D eigenvalue weighted by Gasteiger charge is 2.13. The standard InChI is InChI=1S/C11H9BrF2N2/c1-2-5-3-6-9(14)7(12)4-8(13)10(6)16-11(5)15/h3-4H,2H2,1H3,(H2,15,16). The van der Waals surface area contributed by atoms with Gasteiger partial charge in [0.15, 0.2) is 5.82 Å². The molecule has 0 saturated carbocycles. The topological polar surface area (TPSA) is 38.9 Å². The molecule has 2 N–H and O–H groups in total. The lowest BCUT2D eigenvalue weighted by atomic mass is 10.1. The molecule has 0 aliphatic heterocycles. The van der Waals surface area contributed by atoms with Gasteiger partial charge in [-0.2, -0.15) is 0 Å². The quantitative estimate of drug-likeness (QED) is 0.816. The summed E-state index contributed by atoms with van der Waals surface area (Å²) in [5.41, 5.74) is 6.32. The number of halogens is 3. The first-order chi connectivity index (χ1) is 7.54. The van der Waals surface area contributed by atoms with Crippen molar-refractivity contribution in [3.05, 3.63) is 33.8 Å². The smallest absolute Gasteiger partial charge is 0.150 e. The highest BCUT2D eigenvalue weighted by Crippen LogP contribution is 2.28. The molecule has 84 valence electrons. The van der Waals surface area contributed by atoms with E-state index in [9.17, 15) is 8.78 Å². The van der Waals surface area contributed by atoms with Gasteiger partial charge in [0.25, 0.3) is 0 Å². The number of nitrogens with two attached hydrogens (primary N) is 1. The fraction of sp³-hybridized carbons (Fsp3) is 0.182. The fourth-order valence-electron chi connectivity index (χ4n) is 1.57. The number of hydrogen-bond donors (Lipinski definition) is 1.